The fourth-order valence-corrected chi connectivity index (χ4v) is 1.36. The van der Waals surface area contributed by atoms with E-state index in [9.17, 15) is 4.79 Å². The Hall–Kier alpha value is -1.57. The fourth-order valence-electron chi connectivity index (χ4n) is 1.36. The smallest absolute Gasteiger partial charge is 0.309 e. The van der Waals surface area contributed by atoms with Crippen LogP contribution in [0, 0.1) is 0 Å². The van der Waals surface area contributed by atoms with Gasteiger partial charge in [0.1, 0.15) is 0 Å². The predicted molar refractivity (Wildman–Crippen MR) is 65.2 cm³/mol. The summed E-state index contributed by atoms with van der Waals surface area (Å²) in [5.74, 6) is -0.303. The van der Waals surface area contributed by atoms with E-state index in [1.165, 1.54) is 5.56 Å². The molecule has 86 valence electrons. The van der Waals surface area contributed by atoms with Gasteiger partial charge in [0.05, 0.1) is 13.0 Å². The van der Waals surface area contributed by atoms with Gasteiger partial charge in [-0.05, 0) is 18.4 Å². The van der Waals surface area contributed by atoms with Gasteiger partial charge >= 0.3 is 5.97 Å². The third-order valence-electron chi connectivity index (χ3n) is 2.24. The quantitative estimate of drug-likeness (QED) is 0.561. The molecule has 2 unspecified atom stereocenters. The maximum atomic E-state index is 11.2. The maximum absolute atomic E-state index is 11.2. The molecule has 2 heteroatoms. The van der Waals surface area contributed by atoms with E-state index >= 15 is 0 Å². The highest BCUT2D eigenvalue weighted by Gasteiger charge is 2.01. The minimum absolute atomic E-state index is 0.193. The van der Waals surface area contributed by atoms with Crippen molar-refractivity contribution < 1.29 is 10.9 Å². The molecule has 0 bridgehead atoms. The monoisotopic (exact) mass is 219 g/mol. The molecule has 16 heavy (non-hydrogen) atoms. The van der Waals surface area contributed by atoms with Gasteiger partial charge in [-0.15, -0.1) is 0 Å². The van der Waals surface area contributed by atoms with Crippen LogP contribution < -0.4 is 0 Å². The number of hydrogen-bond acceptors (Lipinski definition) is 2. The SMILES string of the molecule is [2H]C(/C=C\C(C)c1ccccc1)C(=O)OCC. The number of esters is 1. The number of allylic oxidation sites excluding steroid dienone is 1. The van der Waals surface area contributed by atoms with Crippen LogP contribution in [0.2, 0.25) is 0 Å². The molecule has 0 aliphatic rings. The van der Waals surface area contributed by atoms with Gasteiger partial charge in [0, 0.05) is 1.37 Å². The molecule has 2 atom stereocenters. The summed E-state index contributed by atoms with van der Waals surface area (Å²) in [5.41, 5.74) is 1.17. The van der Waals surface area contributed by atoms with E-state index < -0.39 is 12.4 Å². The van der Waals surface area contributed by atoms with Crippen LogP contribution in [0.4, 0.5) is 0 Å². The topological polar surface area (TPSA) is 26.3 Å². The number of carbonyl (C=O) groups is 1. The molecule has 0 aliphatic carbocycles. The second-order valence-electron chi connectivity index (χ2n) is 3.50. The predicted octanol–water partition coefficient (Wildman–Crippen LogP) is 3.30. The first-order valence-corrected chi connectivity index (χ1v) is 5.47. The molecule has 0 heterocycles. The summed E-state index contributed by atoms with van der Waals surface area (Å²) in [6.07, 6.45) is 2.51. The second kappa shape index (κ2) is 6.83. The van der Waals surface area contributed by atoms with Gasteiger partial charge in [-0.3, -0.25) is 4.79 Å². The van der Waals surface area contributed by atoms with E-state index in [0.717, 1.165) is 0 Å². The Balaban J connectivity index is 2.56. The molecule has 0 aromatic heterocycles. The van der Waals surface area contributed by atoms with Gasteiger partial charge in [0.25, 0.3) is 0 Å². The summed E-state index contributed by atoms with van der Waals surface area (Å²) in [6, 6.07) is 9.97. The van der Waals surface area contributed by atoms with Crippen LogP contribution in [0.1, 0.15) is 33.1 Å². The van der Waals surface area contributed by atoms with Crippen LogP contribution in [0.15, 0.2) is 42.5 Å². The fraction of sp³-hybridized carbons (Fsp3) is 0.357. The van der Waals surface area contributed by atoms with Crippen molar-refractivity contribution in [3.05, 3.63) is 48.0 Å². The van der Waals surface area contributed by atoms with Gasteiger partial charge in [-0.2, -0.15) is 0 Å². The average Bonchev–Trinajstić information content (AvgIpc) is 2.36. The molecule has 2 nitrogen and oxygen atoms in total. The van der Waals surface area contributed by atoms with Crippen LogP contribution in [-0.2, 0) is 9.53 Å². The minimum atomic E-state index is -0.930. The average molecular weight is 219 g/mol. The van der Waals surface area contributed by atoms with Crippen LogP contribution in [0.3, 0.4) is 0 Å². The molecule has 0 N–H and O–H groups in total. The van der Waals surface area contributed by atoms with Crippen molar-refractivity contribution in [1.82, 2.24) is 0 Å². The number of hydrogen-bond donors (Lipinski definition) is 0. The molecule has 0 amide bonds. The summed E-state index contributed by atoms with van der Waals surface area (Å²) in [4.78, 5) is 11.2. The lowest BCUT2D eigenvalue weighted by molar-refractivity contribution is -0.142. The van der Waals surface area contributed by atoms with E-state index in [2.05, 4.69) is 0 Å². The Morgan fingerprint density at radius 1 is 1.50 bits per heavy atom. The van der Waals surface area contributed by atoms with Gasteiger partial charge < -0.3 is 4.74 Å². The number of rotatable bonds is 5. The van der Waals surface area contributed by atoms with Gasteiger partial charge in [-0.25, -0.2) is 0 Å². The van der Waals surface area contributed by atoms with Gasteiger partial charge in [0.15, 0.2) is 0 Å². The molecule has 1 aromatic rings. The highest BCUT2D eigenvalue weighted by Crippen LogP contribution is 2.15. The number of ether oxygens (including phenoxy) is 1. The first kappa shape index (κ1) is 10.9. The van der Waals surface area contributed by atoms with Crippen molar-refractivity contribution in [2.45, 2.75) is 26.2 Å². The third-order valence-corrected chi connectivity index (χ3v) is 2.24. The Bertz CT molecular complexity index is 373. The zero-order chi connectivity index (χ0) is 12.7. The molecular weight excluding hydrogens is 200 g/mol. The zero-order valence-corrected chi connectivity index (χ0v) is 9.72. The molecule has 1 aromatic carbocycles. The molecular formula is C14H18O2. The molecule has 0 radical (unpaired) electrons. The normalized spacial score (nSPS) is 15.5. The van der Waals surface area contributed by atoms with Crippen molar-refractivity contribution in [2.75, 3.05) is 6.61 Å². The van der Waals surface area contributed by atoms with Crippen molar-refractivity contribution in [3.8, 4) is 0 Å². The summed E-state index contributed by atoms with van der Waals surface area (Å²) in [7, 11) is 0. The lowest BCUT2D eigenvalue weighted by atomic mass is 10.0. The summed E-state index contributed by atoms with van der Waals surface area (Å²) in [5, 5.41) is 0. The highest BCUT2D eigenvalue weighted by atomic mass is 16.5. The number of carbonyl (C=O) groups excluding carboxylic acids is 1. The van der Waals surface area contributed by atoms with Crippen LogP contribution >= 0.6 is 0 Å². The molecule has 0 aliphatic heterocycles. The lowest BCUT2D eigenvalue weighted by Gasteiger charge is -2.05. The van der Waals surface area contributed by atoms with Gasteiger partial charge in [0.2, 0.25) is 0 Å². The first-order valence-electron chi connectivity index (χ1n) is 6.05. The lowest BCUT2D eigenvalue weighted by Crippen LogP contribution is -2.01. The number of benzene rings is 1. The minimum Gasteiger partial charge on any atom is -0.466 e. The Morgan fingerprint density at radius 2 is 2.19 bits per heavy atom. The Labute approximate surface area is 98.3 Å². The molecule has 0 spiro atoms. The Morgan fingerprint density at radius 3 is 2.81 bits per heavy atom. The van der Waals surface area contributed by atoms with Crippen LogP contribution in [-0.4, -0.2) is 12.6 Å². The molecule has 1 rings (SSSR count). The van der Waals surface area contributed by atoms with Crippen LogP contribution in [0.25, 0.3) is 0 Å². The van der Waals surface area contributed by atoms with E-state index in [4.69, 9.17) is 6.11 Å². The van der Waals surface area contributed by atoms with E-state index in [1.54, 1.807) is 13.0 Å². The zero-order valence-electron chi connectivity index (χ0n) is 10.7. The van der Waals surface area contributed by atoms with E-state index in [1.807, 2.05) is 43.3 Å². The first-order chi connectivity index (χ1) is 8.15. The Kier molecular flexibility index (Phi) is 4.67. The van der Waals surface area contributed by atoms with Crippen molar-refractivity contribution in [2.24, 2.45) is 0 Å². The largest absolute Gasteiger partial charge is 0.466 e. The highest BCUT2D eigenvalue weighted by molar-refractivity contribution is 5.71. The standard InChI is InChI=1S/C14H18O2/c1-3-16-14(15)11-7-8-12(2)13-9-5-4-6-10-13/h4-10,12H,3,11H2,1-2H3/b8-7-/i11D. The summed E-state index contributed by atoms with van der Waals surface area (Å²) in [6.45, 7) is 4.08. The van der Waals surface area contributed by atoms with Crippen LogP contribution in [0.5, 0.6) is 0 Å². The molecule has 0 saturated heterocycles. The summed E-state index contributed by atoms with van der Waals surface area (Å²) < 4.78 is 12.3. The van der Waals surface area contributed by atoms with E-state index in [-0.39, 0.29) is 5.92 Å². The van der Waals surface area contributed by atoms with Crippen molar-refractivity contribution >= 4 is 5.97 Å². The molecule has 0 fully saturated rings. The van der Waals surface area contributed by atoms with Crippen molar-refractivity contribution in [3.63, 3.8) is 0 Å². The van der Waals surface area contributed by atoms with E-state index in [0.29, 0.717) is 6.61 Å². The summed E-state index contributed by atoms with van der Waals surface area (Å²) >= 11 is 0. The second-order valence-corrected chi connectivity index (χ2v) is 3.50. The van der Waals surface area contributed by atoms with Crippen molar-refractivity contribution in [1.29, 1.82) is 0 Å². The maximum Gasteiger partial charge on any atom is 0.309 e. The van der Waals surface area contributed by atoms with Gasteiger partial charge in [-0.1, -0.05) is 49.4 Å². The molecule has 0 saturated carbocycles. The third kappa shape index (κ3) is 4.30.